The fourth-order valence-electron chi connectivity index (χ4n) is 4.00. The fraction of sp³-hybridized carbons (Fsp3) is 0.458. The van der Waals surface area contributed by atoms with Crippen LogP contribution < -0.4 is 10.1 Å². The minimum Gasteiger partial charge on any atom is -0.484 e. The highest BCUT2D eigenvalue weighted by Gasteiger charge is 2.34. The van der Waals surface area contributed by atoms with E-state index in [9.17, 15) is 4.79 Å². The van der Waals surface area contributed by atoms with Crippen molar-refractivity contribution in [1.82, 2.24) is 5.32 Å². The maximum absolute atomic E-state index is 12.5. The van der Waals surface area contributed by atoms with Crippen LogP contribution in [0.3, 0.4) is 0 Å². The van der Waals surface area contributed by atoms with Crippen molar-refractivity contribution in [3.63, 3.8) is 0 Å². The first-order chi connectivity index (χ1) is 15.1. The van der Waals surface area contributed by atoms with Crippen molar-refractivity contribution in [3.05, 3.63) is 64.7 Å². The van der Waals surface area contributed by atoms with E-state index in [0.29, 0.717) is 24.3 Å². The summed E-state index contributed by atoms with van der Waals surface area (Å²) in [5, 5.41) is 3.80. The molecule has 0 aliphatic carbocycles. The highest BCUT2D eigenvalue weighted by atomic mass is 35.5. The van der Waals surface area contributed by atoms with E-state index in [1.807, 2.05) is 47.8 Å². The Hall–Kier alpha value is -1.34. The molecule has 0 atom stereocenters. The lowest BCUT2D eigenvalue weighted by Gasteiger charge is -2.38. The third-order valence-electron chi connectivity index (χ3n) is 5.88. The van der Waals surface area contributed by atoms with Crippen molar-refractivity contribution < 1.29 is 14.3 Å². The van der Waals surface area contributed by atoms with Gasteiger partial charge in [-0.05, 0) is 66.2 Å². The van der Waals surface area contributed by atoms with Crippen molar-refractivity contribution in [2.24, 2.45) is 0 Å². The average Bonchev–Trinajstić information content (AvgIpc) is 2.83. The van der Waals surface area contributed by atoms with Crippen molar-refractivity contribution in [3.8, 4) is 5.75 Å². The average molecular weight is 478 g/mol. The third kappa shape index (κ3) is 6.13. The summed E-state index contributed by atoms with van der Waals surface area (Å²) in [6, 6.07) is 16.1. The molecule has 0 saturated carbocycles. The van der Waals surface area contributed by atoms with Gasteiger partial charge in [-0.2, -0.15) is 0 Å². The lowest BCUT2D eigenvalue weighted by atomic mass is 9.74. The van der Waals surface area contributed by atoms with Crippen LogP contribution in [0.2, 0.25) is 5.02 Å². The highest BCUT2D eigenvalue weighted by molar-refractivity contribution is 8.16. The number of benzene rings is 2. The maximum atomic E-state index is 12.5. The number of hydrogen-bond donors (Lipinski definition) is 1. The van der Waals surface area contributed by atoms with Crippen LogP contribution >= 0.6 is 35.1 Å². The molecule has 4 rings (SSSR count). The molecule has 2 aliphatic heterocycles. The molecule has 0 unspecified atom stereocenters. The summed E-state index contributed by atoms with van der Waals surface area (Å²) in [4.78, 5) is 12.5. The molecular weight excluding hydrogens is 450 g/mol. The fourth-order valence-corrected chi connectivity index (χ4v) is 7.02. The predicted molar refractivity (Wildman–Crippen MR) is 130 cm³/mol. The smallest absolute Gasteiger partial charge is 0.257 e. The van der Waals surface area contributed by atoms with Crippen molar-refractivity contribution in [1.29, 1.82) is 0 Å². The van der Waals surface area contributed by atoms with Crippen LogP contribution in [0.4, 0.5) is 0 Å². The van der Waals surface area contributed by atoms with Crippen LogP contribution in [0.15, 0.2) is 48.5 Å². The Morgan fingerprint density at radius 2 is 1.74 bits per heavy atom. The second-order valence-corrected chi connectivity index (χ2v) is 11.1. The van der Waals surface area contributed by atoms with Gasteiger partial charge in [0.25, 0.3) is 5.91 Å². The molecule has 2 heterocycles. The Morgan fingerprint density at radius 3 is 2.42 bits per heavy atom. The zero-order chi connectivity index (χ0) is 21.5. The number of thioether (sulfide) groups is 2. The quantitative estimate of drug-likeness (QED) is 0.574. The number of nitrogens with one attached hydrogen (secondary N) is 1. The molecular formula is C24H28ClNO3S2. The van der Waals surface area contributed by atoms with Gasteiger partial charge >= 0.3 is 0 Å². The zero-order valence-corrected chi connectivity index (χ0v) is 19.9. The number of carbonyl (C=O) groups is 1. The van der Waals surface area contributed by atoms with Crippen LogP contribution in [0, 0.1) is 0 Å². The molecule has 4 nitrogen and oxygen atoms in total. The molecule has 7 heteroatoms. The third-order valence-corrected chi connectivity index (χ3v) is 9.15. The Kier molecular flexibility index (Phi) is 8.10. The van der Waals surface area contributed by atoms with Crippen LogP contribution in [-0.4, -0.2) is 43.8 Å². The Labute approximate surface area is 197 Å². The number of carbonyl (C=O) groups excluding carboxylic acids is 1. The largest absolute Gasteiger partial charge is 0.484 e. The number of rotatable bonds is 7. The van der Waals surface area contributed by atoms with Crippen molar-refractivity contribution in [2.45, 2.75) is 29.3 Å². The first-order valence-corrected chi connectivity index (χ1v) is 13.2. The van der Waals surface area contributed by atoms with E-state index >= 15 is 0 Å². The van der Waals surface area contributed by atoms with E-state index in [4.69, 9.17) is 21.1 Å². The number of hydrogen-bond acceptors (Lipinski definition) is 5. The van der Waals surface area contributed by atoms with E-state index in [-0.39, 0.29) is 17.9 Å². The van der Waals surface area contributed by atoms with Gasteiger partial charge in [-0.25, -0.2) is 0 Å². The standard InChI is InChI=1S/C24H28ClNO3S2/c25-20-6-4-19(5-7-20)24(10-12-28-13-11-24)17-26-22(27)16-29-21-8-2-18(3-9-21)23-30-14-1-15-31-23/h2-9,23H,1,10-17H2,(H,26,27). The summed E-state index contributed by atoms with van der Waals surface area (Å²) in [7, 11) is 0. The van der Waals surface area contributed by atoms with E-state index in [0.717, 1.165) is 23.6 Å². The second-order valence-electron chi connectivity index (χ2n) is 7.96. The molecule has 0 aromatic heterocycles. The van der Waals surface area contributed by atoms with Crippen LogP contribution in [0.25, 0.3) is 0 Å². The molecule has 1 N–H and O–H groups in total. The SMILES string of the molecule is O=C(COc1ccc(C2SCCCS2)cc1)NCC1(c2ccc(Cl)cc2)CCOCC1. The van der Waals surface area contributed by atoms with Gasteiger partial charge in [-0.15, -0.1) is 23.5 Å². The van der Waals surface area contributed by atoms with Crippen molar-refractivity contribution in [2.75, 3.05) is 37.9 Å². The summed E-state index contributed by atoms with van der Waals surface area (Å²) < 4.78 is 11.8. The topological polar surface area (TPSA) is 47.6 Å². The van der Waals surface area contributed by atoms with Gasteiger partial charge in [0.1, 0.15) is 5.75 Å². The predicted octanol–water partition coefficient (Wildman–Crippen LogP) is 5.45. The van der Waals surface area contributed by atoms with Gasteiger partial charge in [0.15, 0.2) is 6.61 Å². The summed E-state index contributed by atoms with van der Waals surface area (Å²) >= 11 is 10.1. The molecule has 166 valence electrons. The summed E-state index contributed by atoms with van der Waals surface area (Å²) in [5.74, 6) is 3.06. The summed E-state index contributed by atoms with van der Waals surface area (Å²) in [6.45, 7) is 1.96. The lowest BCUT2D eigenvalue weighted by molar-refractivity contribution is -0.123. The molecule has 0 bridgehead atoms. The summed E-state index contributed by atoms with van der Waals surface area (Å²) in [6.07, 6.45) is 3.03. The Balaban J connectivity index is 1.30. The van der Waals surface area contributed by atoms with Gasteiger partial charge in [-0.1, -0.05) is 35.9 Å². The molecule has 2 saturated heterocycles. The molecule has 0 radical (unpaired) electrons. The van der Waals surface area contributed by atoms with E-state index in [2.05, 4.69) is 29.6 Å². The molecule has 2 aromatic rings. The van der Waals surface area contributed by atoms with Gasteiger partial charge in [0.2, 0.25) is 0 Å². The van der Waals surface area contributed by atoms with Gasteiger partial charge in [0.05, 0.1) is 4.58 Å². The number of ether oxygens (including phenoxy) is 2. The molecule has 0 spiro atoms. The molecule has 1 amide bonds. The molecule has 2 aromatic carbocycles. The van der Waals surface area contributed by atoms with Gasteiger partial charge < -0.3 is 14.8 Å². The van der Waals surface area contributed by atoms with Crippen molar-refractivity contribution >= 4 is 41.0 Å². The monoisotopic (exact) mass is 477 g/mol. The zero-order valence-electron chi connectivity index (χ0n) is 17.5. The minimum atomic E-state index is -0.129. The van der Waals surface area contributed by atoms with E-state index < -0.39 is 0 Å². The first-order valence-electron chi connectivity index (χ1n) is 10.7. The minimum absolute atomic E-state index is 0.0134. The van der Waals surface area contributed by atoms with Crippen LogP contribution in [0.1, 0.15) is 35.0 Å². The van der Waals surface area contributed by atoms with Crippen LogP contribution in [-0.2, 0) is 14.9 Å². The Bertz CT molecular complexity index is 848. The Morgan fingerprint density at radius 1 is 1.06 bits per heavy atom. The second kappa shape index (κ2) is 11.0. The first kappa shape index (κ1) is 22.8. The van der Waals surface area contributed by atoms with Gasteiger partial charge in [0, 0.05) is 30.2 Å². The molecule has 2 aliphatic rings. The van der Waals surface area contributed by atoms with Gasteiger partial charge in [-0.3, -0.25) is 4.79 Å². The maximum Gasteiger partial charge on any atom is 0.257 e. The number of halogens is 1. The normalized spacial score (nSPS) is 19.0. The summed E-state index contributed by atoms with van der Waals surface area (Å²) in [5.41, 5.74) is 2.38. The van der Waals surface area contributed by atoms with E-state index in [1.54, 1.807) is 0 Å². The highest BCUT2D eigenvalue weighted by Crippen LogP contribution is 2.43. The molecule has 31 heavy (non-hydrogen) atoms. The molecule has 2 fully saturated rings. The van der Waals surface area contributed by atoms with Crippen LogP contribution in [0.5, 0.6) is 5.75 Å². The van der Waals surface area contributed by atoms with E-state index in [1.165, 1.54) is 29.1 Å². The number of amides is 1. The lowest BCUT2D eigenvalue weighted by Crippen LogP contribution is -2.45.